The number of methoxy groups -OCH3 is 2. The van der Waals surface area contributed by atoms with Gasteiger partial charge >= 0.3 is 5.66 Å². The van der Waals surface area contributed by atoms with Crippen molar-refractivity contribution in [2.75, 3.05) is 14.2 Å². The maximum absolute atomic E-state index is 13.1. The fourth-order valence-electron chi connectivity index (χ4n) is 3.06. The fourth-order valence-corrected chi connectivity index (χ4v) is 3.06. The first-order valence-electron chi connectivity index (χ1n) is 8.04. The van der Waals surface area contributed by atoms with Gasteiger partial charge in [-0.3, -0.25) is 4.79 Å². The highest BCUT2D eigenvalue weighted by molar-refractivity contribution is 6.07. The molecular formula is C19H20N2O5. The average molecular weight is 356 g/mol. The zero-order chi connectivity index (χ0) is 18.9. The number of hydrogen-bond donors (Lipinski definition) is 1. The lowest BCUT2D eigenvalue weighted by molar-refractivity contribution is -0.563. The molecule has 0 aliphatic carbocycles. The predicted octanol–water partition coefficient (Wildman–Crippen LogP) is 2.27. The van der Waals surface area contributed by atoms with Gasteiger partial charge in [0.2, 0.25) is 11.9 Å². The summed E-state index contributed by atoms with van der Waals surface area (Å²) in [5, 5.41) is 24.4. The fraction of sp³-hybridized carbons (Fsp3) is 0.263. The Hall–Kier alpha value is -2.74. The number of nitrogens with zero attached hydrogens (tertiary/aromatic N) is 2. The summed E-state index contributed by atoms with van der Waals surface area (Å²) in [5.41, 5.74) is -0.862. The van der Waals surface area contributed by atoms with Crippen LogP contribution in [0.1, 0.15) is 22.8 Å². The van der Waals surface area contributed by atoms with Crippen molar-refractivity contribution in [3.05, 3.63) is 70.9 Å². The van der Waals surface area contributed by atoms with Gasteiger partial charge in [0.05, 0.1) is 7.11 Å². The Morgan fingerprint density at radius 2 is 1.77 bits per heavy atom. The number of ether oxygens (including phenoxy) is 2. The third-order valence-electron chi connectivity index (χ3n) is 4.59. The van der Waals surface area contributed by atoms with Crippen LogP contribution < -0.4 is 4.74 Å². The van der Waals surface area contributed by atoms with E-state index in [1.807, 2.05) is 0 Å². The van der Waals surface area contributed by atoms with Gasteiger partial charge in [0.1, 0.15) is 5.75 Å². The summed E-state index contributed by atoms with van der Waals surface area (Å²) in [6.07, 6.45) is -1.08. The molecule has 0 unspecified atom stereocenters. The first-order valence-corrected chi connectivity index (χ1v) is 8.04. The maximum atomic E-state index is 13.1. The lowest BCUT2D eigenvalue weighted by atomic mass is 10.00. The molecule has 0 spiro atoms. The monoisotopic (exact) mass is 356 g/mol. The molecule has 0 saturated carbocycles. The number of benzene rings is 2. The van der Waals surface area contributed by atoms with Crippen LogP contribution in [0.2, 0.25) is 0 Å². The van der Waals surface area contributed by atoms with Crippen LogP contribution in [0.15, 0.2) is 54.6 Å². The molecule has 2 aromatic rings. The van der Waals surface area contributed by atoms with Crippen LogP contribution in [0.25, 0.3) is 0 Å². The van der Waals surface area contributed by atoms with Gasteiger partial charge in [0, 0.05) is 25.2 Å². The molecule has 26 heavy (non-hydrogen) atoms. The van der Waals surface area contributed by atoms with E-state index in [4.69, 9.17) is 9.47 Å². The molecule has 2 aromatic carbocycles. The van der Waals surface area contributed by atoms with E-state index in [9.17, 15) is 15.2 Å². The van der Waals surface area contributed by atoms with Gasteiger partial charge in [0.25, 0.3) is 5.78 Å². The quantitative estimate of drug-likeness (QED) is 0.503. The standard InChI is InChI=1S/C19H20N2O5/c1-19(17(22)14-7-5-4-6-8-14)20(23)16(18(26-3)21(19)24)13-9-11-15(25-2)12-10-13/h4-12,18,24H,1-3H3/t18-,19+/m0/s1. The zero-order valence-electron chi connectivity index (χ0n) is 14.7. The summed E-state index contributed by atoms with van der Waals surface area (Å²) in [6, 6.07) is 15.1. The molecule has 1 heterocycles. The summed E-state index contributed by atoms with van der Waals surface area (Å²) in [5.74, 6) is 0.101. The Bertz CT molecular complexity index is 835. The molecule has 0 amide bonds. The van der Waals surface area contributed by atoms with Gasteiger partial charge in [-0.25, -0.2) is 0 Å². The number of Topliss-reactive ketones (excluding diaryl/α,β-unsaturated/α-hetero) is 1. The van der Waals surface area contributed by atoms with E-state index in [2.05, 4.69) is 0 Å². The van der Waals surface area contributed by atoms with E-state index < -0.39 is 17.7 Å². The second-order valence-corrected chi connectivity index (χ2v) is 6.06. The Morgan fingerprint density at radius 3 is 2.31 bits per heavy atom. The van der Waals surface area contributed by atoms with Crippen LogP contribution in [0.5, 0.6) is 5.75 Å². The minimum atomic E-state index is -1.85. The number of rotatable bonds is 5. The first kappa shape index (κ1) is 18.1. The van der Waals surface area contributed by atoms with Crippen LogP contribution >= 0.6 is 0 Å². The molecule has 1 N–H and O–H groups in total. The normalized spacial score (nSPS) is 23.3. The largest absolute Gasteiger partial charge is 0.622 e. The molecule has 1 aliphatic heterocycles. The van der Waals surface area contributed by atoms with Gasteiger partial charge in [-0.2, -0.15) is 4.74 Å². The molecule has 0 bridgehead atoms. The minimum absolute atomic E-state index is 0.143. The smallest absolute Gasteiger partial charge is 0.314 e. The van der Waals surface area contributed by atoms with Gasteiger partial charge in [-0.15, -0.1) is 0 Å². The number of ketones is 1. The van der Waals surface area contributed by atoms with Crippen molar-refractivity contribution in [2.24, 2.45) is 0 Å². The number of carbonyl (C=O) groups is 1. The molecule has 3 rings (SSSR count). The summed E-state index contributed by atoms with van der Waals surface area (Å²) < 4.78 is 10.9. The van der Waals surface area contributed by atoms with E-state index in [1.165, 1.54) is 14.0 Å². The molecule has 0 radical (unpaired) electrons. The molecule has 0 aromatic heterocycles. The molecule has 1 aliphatic rings. The van der Waals surface area contributed by atoms with Crippen molar-refractivity contribution in [3.8, 4) is 5.75 Å². The molecule has 0 fully saturated rings. The molecule has 7 nitrogen and oxygen atoms in total. The topological polar surface area (TPSA) is 85.1 Å². The van der Waals surface area contributed by atoms with Crippen molar-refractivity contribution in [3.63, 3.8) is 0 Å². The van der Waals surface area contributed by atoms with Crippen LogP contribution in [0.4, 0.5) is 0 Å². The van der Waals surface area contributed by atoms with Gasteiger partial charge in [-0.05, 0) is 24.3 Å². The highest BCUT2D eigenvalue weighted by atomic mass is 16.6. The van der Waals surface area contributed by atoms with Crippen LogP contribution in [0.3, 0.4) is 0 Å². The summed E-state index contributed by atoms with van der Waals surface area (Å²) >= 11 is 0. The number of carbonyl (C=O) groups excluding carboxylic acids is 1. The SMILES string of the molecule is COc1ccc(C2=[N+]([O-])[C@@](C)(C(=O)c3ccccc3)N(O)[C@H]2OC)cc1. The van der Waals surface area contributed by atoms with Crippen LogP contribution in [0, 0.1) is 5.21 Å². The second kappa shape index (κ2) is 6.87. The van der Waals surface area contributed by atoms with Crippen molar-refractivity contribution in [1.29, 1.82) is 0 Å². The predicted molar refractivity (Wildman–Crippen MR) is 94.3 cm³/mol. The van der Waals surface area contributed by atoms with E-state index in [0.29, 0.717) is 26.7 Å². The van der Waals surface area contributed by atoms with Gasteiger partial charge < -0.3 is 19.9 Å². The molecular weight excluding hydrogens is 336 g/mol. The van der Waals surface area contributed by atoms with Gasteiger partial charge in [-0.1, -0.05) is 35.4 Å². The Kier molecular flexibility index (Phi) is 4.78. The Morgan fingerprint density at radius 1 is 1.15 bits per heavy atom. The summed E-state index contributed by atoms with van der Waals surface area (Å²) in [6.45, 7) is 1.37. The van der Waals surface area contributed by atoms with E-state index in [1.54, 1.807) is 61.7 Å². The third kappa shape index (κ3) is 2.66. The molecule has 2 atom stereocenters. The van der Waals surface area contributed by atoms with Crippen LogP contribution in [-0.2, 0) is 4.74 Å². The first-order chi connectivity index (χ1) is 12.4. The molecule has 7 heteroatoms. The Labute approximate surface area is 151 Å². The van der Waals surface area contributed by atoms with Crippen molar-refractivity contribution in [2.45, 2.75) is 18.8 Å². The maximum Gasteiger partial charge on any atom is 0.314 e. The van der Waals surface area contributed by atoms with Crippen molar-refractivity contribution >= 4 is 11.5 Å². The summed E-state index contributed by atoms with van der Waals surface area (Å²) in [7, 11) is 2.91. The van der Waals surface area contributed by atoms with E-state index >= 15 is 0 Å². The Balaban J connectivity index is 2.11. The highest BCUT2D eigenvalue weighted by Gasteiger charge is 2.60. The lowest BCUT2D eigenvalue weighted by Crippen LogP contribution is -2.55. The van der Waals surface area contributed by atoms with Crippen molar-refractivity contribution < 1.29 is 24.2 Å². The minimum Gasteiger partial charge on any atom is -0.622 e. The van der Waals surface area contributed by atoms with E-state index in [-0.39, 0.29) is 5.71 Å². The van der Waals surface area contributed by atoms with Crippen LogP contribution in [-0.4, -0.2) is 52.6 Å². The number of hydroxylamine groups is 3. The second-order valence-electron chi connectivity index (χ2n) is 6.06. The van der Waals surface area contributed by atoms with Gasteiger partial charge in [0.15, 0.2) is 0 Å². The molecule has 136 valence electrons. The van der Waals surface area contributed by atoms with Crippen molar-refractivity contribution in [1.82, 2.24) is 5.06 Å². The van der Waals surface area contributed by atoms with E-state index in [0.717, 1.165) is 0 Å². The zero-order valence-corrected chi connectivity index (χ0v) is 14.7. The lowest BCUT2D eigenvalue weighted by Gasteiger charge is -2.27. The number of hydrogen-bond acceptors (Lipinski definition) is 6. The molecule has 0 saturated heterocycles. The third-order valence-corrected chi connectivity index (χ3v) is 4.59. The summed E-state index contributed by atoms with van der Waals surface area (Å²) in [4.78, 5) is 13.0. The average Bonchev–Trinajstić information content (AvgIpc) is 2.89. The highest BCUT2D eigenvalue weighted by Crippen LogP contribution is 2.31.